The number of ether oxygens (including phenoxy) is 2. The van der Waals surface area contributed by atoms with Crippen LogP contribution in [0.25, 0.3) is 0 Å². The van der Waals surface area contributed by atoms with Gasteiger partial charge in [-0.05, 0) is 30.3 Å². The van der Waals surface area contributed by atoms with Crippen LogP contribution in [0.15, 0.2) is 40.9 Å². The van der Waals surface area contributed by atoms with E-state index in [2.05, 4.69) is 26.6 Å². The molecular formula is C15H11BrN2O3. The summed E-state index contributed by atoms with van der Waals surface area (Å²) in [5.41, 5.74) is 2.57. The Kier molecular flexibility index (Phi) is 2.78. The lowest BCUT2D eigenvalue weighted by Crippen LogP contribution is -2.19. The Balaban J connectivity index is 1.66. The second-order valence-corrected chi connectivity index (χ2v) is 5.78. The molecule has 0 aromatic heterocycles. The molecule has 106 valence electrons. The van der Waals surface area contributed by atoms with E-state index in [-0.39, 0.29) is 12.7 Å². The molecule has 0 radical (unpaired) electrons. The van der Waals surface area contributed by atoms with Gasteiger partial charge in [0, 0.05) is 27.5 Å². The fourth-order valence-electron chi connectivity index (χ4n) is 2.53. The molecule has 0 spiro atoms. The molecule has 4 rings (SSSR count). The van der Waals surface area contributed by atoms with Crippen LogP contribution in [0, 0.1) is 0 Å². The van der Waals surface area contributed by atoms with Crippen molar-refractivity contribution in [1.82, 2.24) is 0 Å². The van der Waals surface area contributed by atoms with E-state index in [9.17, 15) is 4.79 Å². The van der Waals surface area contributed by atoms with Crippen LogP contribution in [0.4, 0.5) is 11.4 Å². The van der Waals surface area contributed by atoms with Gasteiger partial charge in [0.05, 0.1) is 0 Å². The van der Waals surface area contributed by atoms with Crippen LogP contribution in [0.1, 0.15) is 11.6 Å². The van der Waals surface area contributed by atoms with Gasteiger partial charge in [-0.3, -0.25) is 4.79 Å². The van der Waals surface area contributed by atoms with E-state index in [4.69, 9.17) is 9.47 Å². The Hall–Kier alpha value is -2.21. The van der Waals surface area contributed by atoms with Crippen molar-refractivity contribution in [3.05, 3.63) is 46.4 Å². The molecule has 2 aromatic rings. The Morgan fingerprint density at radius 3 is 2.90 bits per heavy atom. The van der Waals surface area contributed by atoms with Crippen molar-refractivity contribution in [3.8, 4) is 11.5 Å². The maximum atomic E-state index is 12.1. The summed E-state index contributed by atoms with van der Waals surface area (Å²) in [6, 6.07) is 10.9. The molecule has 6 heteroatoms. The molecule has 2 aliphatic heterocycles. The highest BCUT2D eigenvalue weighted by atomic mass is 79.9. The standard InChI is InChI=1S/C15H11BrN2O3/c16-8-1-3-11-10(5-8)14(15(19)18-11)17-9-2-4-12-13(6-9)21-7-20-12/h1-6,14,17H,7H2,(H,18,19). The highest BCUT2D eigenvalue weighted by Crippen LogP contribution is 2.38. The van der Waals surface area contributed by atoms with Gasteiger partial charge in [0.25, 0.3) is 5.91 Å². The molecule has 2 N–H and O–H groups in total. The van der Waals surface area contributed by atoms with E-state index in [1.54, 1.807) is 0 Å². The Morgan fingerprint density at radius 1 is 1.14 bits per heavy atom. The lowest BCUT2D eigenvalue weighted by molar-refractivity contribution is -0.116. The molecule has 2 heterocycles. The summed E-state index contributed by atoms with van der Waals surface area (Å²) >= 11 is 3.43. The van der Waals surface area contributed by atoms with Crippen LogP contribution in [-0.4, -0.2) is 12.7 Å². The lowest BCUT2D eigenvalue weighted by atomic mass is 10.1. The summed E-state index contributed by atoms with van der Waals surface area (Å²) in [5, 5.41) is 6.10. The lowest BCUT2D eigenvalue weighted by Gasteiger charge is -2.13. The topological polar surface area (TPSA) is 59.6 Å². The number of carbonyl (C=O) groups is 1. The smallest absolute Gasteiger partial charge is 0.251 e. The minimum atomic E-state index is -0.419. The predicted molar refractivity (Wildman–Crippen MR) is 81.7 cm³/mol. The number of hydrogen-bond donors (Lipinski definition) is 2. The van der Waals surface area contributed by atoms with E-state index in [0.29, 0.717) is 5.75 Å². The molecule has 1 unspecified atom stereocenters. The number of fused-ring (bicyclic) bond motifs is 2. The number of benzene rings is 2. The van der Waals surface area contributed by atoms with E-state index >= 15 is 0 Å². The molecule has 2 aromatic carbocycles. The molecule has 1 amide bonds. The average molecular weight is 347 g/mol. The van der Waals surface area contributed by atoms with Crippen LogP contribution < -0.4 is 20.1 Å². The van der Waals surface area contributed by atoms with Gasteiger partial charge >= 0.3 is 0 Å². The second-order valence-electron chi connectivity index (χ2n) is 4.87. The molecular weight excluding hydrogens is 336 g/mol. The minimum absolute atomic E-state index is 0.0687. The summed E-state index contributed by atoms with van der Waals surface area (Å²) < 4.78 is 11.6. The van der Waals surface area contributed by atoms with E-state index < -0.39 is 6.04 Å². The molecule has 2 aliphatic rings. The fraction of sp³-hybridized carbons (Fsp3) is 0.133. The van der Waals surface area contributed by atoms with Gasteiger partial charge in [-0.2, -0.15) is 0 Å². The van der Waals surface area contributed by atoms with Crippen LogP contribution in [0.3, 0.4) is 0 Å². The first kappa shape index (κ1) is 12.5. The Bertz CT molecular complexity index is 748. The zero-order valence-corrected chi connectivity index (χ0v) is 12.4. The summed E-state index contributed by atoms with van der Waals surface area (Å²) in [6.07, 6.45) is 0. The third-order valence-electron chi connectivity index (χ3n) is 3.53. The van der Waals surface area contributed by atoms with Gasteiger partial charge in [0.1, 0.15) is 6.04 Å². The molecule has 0 aliphatic carbocycles. The van der Waals surface area contributed by atoms with E-state index in [0.717, 1.165) is 27.2 Å². The molecule has 0 saturated carbocycles. The molecule has 1 atom stereocenters. The van der Waals surface area contributed by atoms with Crippen molar-refractivity contribution in [1.29, 1.82) is 0 Å². The number of hydrogen-bond acceptors (Lipinski definition) is 4. The number of rotatable bonds is 2. The summed E-state index contributed by atoms with van der Waals surface area (Å²) in [4.78, 5) is 12.1. The van der Waals surface area contributed by atoms with Gasteiger partial charge in [-0.15, -0.1) is 0 Å². The highest BCUT2D eigenvalue weighted by Gasteiger charge is 2.30. The van der Waals surface area contributed by atoms with E-state index in [1.165, 1.54) is 0 Å². The molecule has 0 fully saturated rings. The molecule has 0 saturated heterocycles. The zero-order valence-electron chi connectivity index (χ0n) is 10.9. The first-order chi connectivity index (χ1) is 10.2. The van der Waals surface area contributed by atoms with Gasteiger partial charge in [0.15, 0.2) is 11.5 Å². The molecule has 21 heavy (non-hydrogen) atoms. The van der Waals surface area contributed by atoms with Crippen molar-refractivity contribution >= 4 is 33.2 Å². The zero-order chi connectivity index (χ0) is 14.4. The monoisotopic (exact) mass is 346 g/mol. The quantitative estimate of drug-likeness (QED) is 0.875. The number of amides is 1. The maximum Gasteiger partial charge on any atom is 0.251 e. The fourth-order valence-corrected chi connectivity index (χ4v) is 2.91. The van der Waals surface area contributed by atoms with Crippen molar-refractivity contribution in [3.63, 3.8) is 0 Å². The van der Waals surface area contributed by atoms with Crippen LogP contribution in [-0.2, 0) is 4.79 Å². The highest BCUT2D eigenvalue weighted by molar-refractivity contribution is 9.10. The third-order valence-corrected chi connectivity index (χ3v) is 4.02. The molecule has 5 nitrogen and oxygen atoms in total. The van der Waals surface area contributed by atoms with Crippen LogP contribution in [0.2, 0.25) is 0 Å². The Labute approximate surface area is 129 Å². The summed E-state index contributed by atoms with van der Waals surface area (Å²) in [6.45, 7) is 0.235. The van der Waals surface area contributed by atoms with Crippen LogP contribution >= 0.6 is 15.9 Å². The minimum Gasteiger partial charge on any atom is -0.454 e. The second kappa shape index (κ2) is 4.66. The van der Waals surface area contributed by atoms with Gasteiger partial charge in [-0.1, -0.05) is 15.9 Å². The van der Waals surface area contributed by atoms with Gasteiger partial charge < -0.3 is 20.1 Å². The van der Waals surface area contributed by atoms with Gasteiger partial charge in [0.2, 0.25) is 6.79 Å². The van der Waals surface area contributed by atoms with Crippen LogP contribution in [0.5, 0.6) is 11.5 Å². The number of nitrogens with one attached hydrogen (secondary N) is 2. The maximum absolute atomic E-state index is 12.1. The Morgan fingerprint density at radius 2 is 2.00 bits per heavy atom. The first-order valence-corrected chi connectivity index (χ1v) is 7.26. The largest absolute Gasteiger partial charge is 0.454 e. The molecule has 0 bridgehead atoms. The third kappa shape index (κ3) is 2.12. The first-order valence-electron chi connectivity index (χ1n) is 6.47. The van der Waals surface area contributed by atoms with Gasteiger partial charge in [-0.25, -0.2) is 0 Å². The number of anilines is 2. The number of halogens is 1. The summed E-state index contributed by atoms with van der Waals surface area (Å²) in [7, 11) is 0. The van der Waals surface area contributed by atoms with Crippen molar-refractivity contribution < 1.29 is 14.3 Å². The van der Waals surface area contributed by atoms with Crippen molar-refractivity contribution in [2.45, 2.75) is 6.04 Å². The summed E-state index contributed by atoms with van der Waals surface area (Å²) in [5.74, 6) is 1.34. The average Bonchev–Trinajstić information content (AvgIpc) is 3.04. The van der Waals surface area contributed by atoms with Crippen molar-refractivity contribution in [2.24, 2.45) is 0 Å². The van der Waals surface area contributed by atoms with Crippen molar-refractivity contribution in [2.75, 3.05) is 17.4 Å². The normalized spacial score (nSPS) is 18.3. The predicted octanol–water partition coefficient (Wildman–Crippen LogP) is 3.28. The SMILES string of the molecule is O=C1Nc2ccc(Br)cc2C1Nc1ccc2c(c1)OCO2. The van der Waals surface area contributed by atoms with E-state index in [1.807, 2.05) is 36.4 Å². The number of carbonyl (C=O) groups excluding carboxylic acids is 1.